The van der Waals surface area contributed by atoms with E-state index in [0.29, 0.717) is 27.4 Å². The number of nitrogens with zero attached hydrogens (tertiary/aromatic N) is 4. The van der Waals surface area contributed by atoms with E-state index in [1.807, 2.05) is 26.8 Å². The quantitative estimate of drug-likeness (QED) is 0.194. The van der Waals surface area contributed by atoms with E-state index in [4.69, 9.17) is 10.9 Å². The molecule has 1 unspecified atom stereocenters. The molecule has 0 bridgehead atoms. The molecule has 0 aliphatic carbocycles. The standard InChI is InChI=1S/C21H29N9O2S2/c1-5-13(18-15(6-2)25-21(22)26-18)14-8-9-16(33-12(4)10-11-24-7-3)19(34(23,31)32)17(14)20-27-29-30-28-20/h5-6,8-9,12,24H,2,7,10-11H2,1,3-4H3,(H3,22,25,26)(H2,23,31,32)(H,27,28,29,30)/b13-5-. The van der Waals surface area contributed by atoms with E-state index in [2.05, 4.69) is 42.5 Å². The lowest BCUT2D eigenvalue weighted by Gasteiger charge is -2.19. The van der Waals surface area contributed by atoms with Crippen molar-refractivity contribution in [2.45, 2.75) is 42.2 Å². The maximum atomic E-state index is 12.9. The molecule has 11 nitrogen and oxygen atoms in total. The lowest BCUT2D eigenvalue weighted by molar-refractivity contribution is 0.596. The van der Waals surface area contributed by atoms with E-state index < -0.39 is 10.0 Å². The van der Waals surface area contributed by atoms with Gasteiger partial charge in [0.15, 0.2) is 5.95 Å². The predicted octanol–water partition coefficient (Wildman–Crippen LogP) is 2.39. The Morgan fingerprint density at radius 1 is 1.38 bits per heavy atom. The van der Waals surface area contributed by atoms with Crippen molar-refractivity contribution in [2.24, 2.45) is 5.14 Å². The van der Waals surface area contributed by atoms with Crippen molar-refractivity contribution in [3.05, 3.63) is 41.7 Å². The van der Waals surface area contributed by atoms with E-state index in [9.17, 15) is 8.42 Å². The Morgan fingerprint density at radius 2 is 2.15 bits per heavy atom. The maximum Gasteiger partial charge on any atom is 0.239 e. The molecule has 0 radical (unpaired) electrons. The number of tetrazole rings is 1. The Kier molecular flexibility index (Phi) is 8.25. The number of benzene rings is 1. The molecule has 0 aliphatic heterocycles. The van der Waals surface area contributed by atoms with Gasteiger partial charge in [0.25, 0.3) is 0 Å². The molecule has 2 aromatic heterocycles. The normalized spacial score (nSPS) is 13.2. The van der Waals surface area contributed by atoms with Crippen LogP contribution in [0.25, 0.3) is 23.0 Å². The summed E-state index contributed by atoms with van der Waals surface area (Å²) in [7, 11) is -4.18. The van der Waals surface area contributed by atoms with Crippen molar-refractivity contribution in [3.8, 4) is 11.4 Å². The number of primary sulfonamides is 1. The number of sulfonamides is 1. The van der Waals surface area contributed by atoms with Gasteiger partial charge in [-0.1, -0.05) is 32.6 Å². The number of imidazole rings is 1. The zero-order valence-electron chi connectivity index (χ0n) is 19.3. The third-order valence-electron chi connectivity index (χ3n) is 5.07. The Bertz CT molecular complexity index is 1280. The summed E-state index contributed by atoms with van der Waals surface area (Å²) < 4.78 is 25.9. The van der Waals surface area contributed by atoms with E-state index >= 15 is 0 Å². The number of nitrogens with two attached hydrogens (primary N) is 2. The molecule has 2 heterocycles. The Labute approximate surface area is 202 Å². The number of rotatable bonds is 11. The fourth-order valence-corrected chi connectivity index (χ4v) is 5.94. The van der Waals surface area contributed by atoms with Crippen molar-refractivity contribution < 1.29 is 8.42 Å². The van der Waals surface area contributed by atoms with Crippen molar-refractivity contribution >= 4 is 39.4 Å². The lowest BCUT2D eigenvalue weighted by Crippen LogP contribution is -2.19. The van der Waals surface area contributed by atoms with Crippen molar-refractivity contribution in [1.82, 2.24) is 35.9 Å². The Morgan fingerprint density at radius 3 is 2.74 bits per heavy atom. The molecule has 3 aromatic rings. The summed E-state index contributed by atoms with van der Waals surface area (Å²) in [6.07, 6.45) is 4.24. The third-order valence-corrected chi connectivity index (χ3v) is 7.42. The van der Waals surface area contributed by atoms with Crippen LogP contribution in [0.1, 0.15) is 44.1 Å². The number of allylic oxidation sites excluding steroid dienone is 1. The van der Waals surface area contributed by atoms with Gasteiger partial charge in [0.1, 0.15) is 4.90 Å². The van der Waals surface area contributed by atoms with Crippen LogP contribution in [0, 0.1) is 0 Å². The first-order valence-corrected chi connectivity index (χ1v) is 13.1. The highest BCUT2D eigenvalue weighted by Gasteiger charge is 2.29. The molecule has 3 rings (SSSR count). The molecule has 7 N–H and O–H groups in total. The van der Waals surface area contributed by atoms with Crippen molar-refractivity contribution in [3.63, 3.8) is 0 Å². The van der Waals surface area contributed by atoms with Crippen molar-refractivity contribution in [2.75, 3.05) is 18.8 Å². The van der Waals surface area contributed by atoms with E-state index in [1.165, 1.54) is 11.8 Å². The Balaban J connectivity index is 2.25. The topological polar surface area (TPSA) is 181 Å². The smallest absolute Gasteiger partial charge is 0.239 e. The second kappa shape index (κ2) is 11.0. The number of nitrogen functional groups attached to an aromatic ring is 1. The van der Waals surface area contributed by atoms with Crippen LogP contribution >= 0.6 is 11.8 Å². The zero-order valence-corrected chi connectivity index (χ0v) is 20.9. The molecule has 0 saturated heterocycles. The van der Waals surface area contributed by atoms with E-state index in [0.717, 1.165) is 19.5 Å². The minimum absolute atomic E-state index is 0.0605. The molecule has 0 aliphatic rings. The van der Waals surface area contributed by atoms with Gasteiger partial charge in [-0.3, -0.25) is 0 Å². The average molecular weight is 504 g/mol. The van der Waals surface area contributed by atoms with Crippen LogP contribution in [0.4, 0.5) is 5.95 Å². The van der Waals surface area contributed by atoms with Crippen molar-refractivity contribution in [1.29, 1.82) is 0 Å². The SMILES string of the molecule is C=Cc1[nH]c(N)nc1/C(=C\C)c1ccc(SC(C)CCNCC)c(S(N)(=O)=O)c1-c1nn[nH]n1. The number of nitrogens with one attached hydrogen (secondary N) is 3. The summed E-state index contributed by atoms with van der Waals surface area (Å²) in [5.74, 6) is 0.309. The second-order valence-corrected chi connectivity index (χ2v) is 10.4. The molecule has 1 atom stereocenters. The summed E-state index contributed by atoms with van der Waals surface area (Å²) in [5.41, 5.74) is 8.36. The van der Waals surface area contributed by atoms with Crippen LogP contribution in [-0.4, -0.2) is 57.3 Å². The number of thioether (sulfide) groups is 1. The molecule has 0 amide bonds. The number of hydrogen-bond acceptors (Lipinski definition) is 9. The molecular weight excluding hydrogens is 474 g/mol. The van der Waals surface area contributed by atoms with Gasteiger partial charge in [0, 0.05) is 15.7 Å². The summed E-state index contributed by atoms with van der Waals surface area (Å²) in [6, 6.07) is 3.56. The number of hydrogen-bond donors (Lipinski definition) is 5. The van der Waals surface area contributed by atoms with Crippen LogP contribution < -0.4 is 16.2 Å². The fourth-order valence-electron chi connectivity index (χ4n) is 3.59. The highest BCUT2D eigenvalue weighted by molar-refractivity contribution is 8.00. The monoisotopic (exact) mass is 503 g/mol. The van der Waals surface area contributed by atoms with Crippen LogP contribution in [0.15, 0.2) is 34.6 Å². The number of H-pyrrole nitrogens is 2. The van der Waals surface area contributed by atoms with E-state index in [-0.39, 0.29) is 27.5 Å². The molecule has 1 aromatic carbocycles. The summed E-state index contributed by atoms with van der Waals surface area (Å²) in [4.78, 5) is 7.78. The molecule has 182 valence electrons. The number of anilines is 1. The van der Waals surface area contributed by atoms with Gasteiger partial charge in [-0.25, -0.2) is 18.5 Å². The van der Waals surface area contributed by atoms with Gasteiger partial charge < -0.3 is 16.0 Å². The van der Waals surface area contributed by atoms with Gasteiger partial charge in [-0.05, 0) is 49.4 Å². The number of aromatic nitrogens is 6. The Hall–Kier alpha value is -3.00. The van der Waals surface area contributed by atoms with Gasteiger partial charge in [0.2, 0.25) is 15.8 Å². The summed E-state index contributed by atoms with van der Waals surface area (Å²) >= 11 is 1.43. The first-order valence-electron chi connectivity index (χ1n) is 10.7. The largest absolute Gasteiger partial charge is 0.369 e. The molecular formula is C21H29N9O2S2. The zero-order chi connectivity index (χ0) is 24.9. The molecule has 0 fully saturated rings. The van der Waals surface area contributed by atoms with Gasteiger partial charge in [0.05, 0.1) is 17.0 Å². The third kappa shape index (κ3) is 5.55. The van der Waals surface area contributed by atoms with Crippen LogP contribution in [-0.2, 0) is 10.0 Å². The molecule has 13 heteroatoms. The fraction of sp³-hybridized carbons (Fsp3) is 0.333. The predicted molar refractivity (Wildman–Crippen MR) is 135 cm³/mol. The van der Waals surface area contributed by atoms with Crippen LogP contribution in [0.5, 0.6) is 0 Å². The first-order chi connectivity index (χ1) is 16.2. The minimum atomic E-state index is -4.18. The van der Waals surface area contributed by atoms with E-state index in [1.54, 1.807) is 18.2 Å². The molecule has 0 saturated carbocycles. The molecule has 34 heavy (non-hydrogen) atoms. The first kappa shape index (κ1) is 25.6. The van der Waals surface area contributed by atoms with Gasteiger partial charge in [-0.2, -0.15) is 5.21 Å². The molecule has 0 spiro atoms. The second-order valence-electron chi connectivity index (χ2n) is 7.46. The highest BCUT2D eigenvalue weighted by atomic mass is 32.2. The van der Waals surface area contributed by atoms with Gasteiger partial charge in [-0.15, -0.1) is 22.0 Å². The van der Waals surface area contributed by atoms with Gasteiger partial charge >= 0.3 is 0 Å². The van der Waals surface area contributed by atoms with Crippen LogP contribution in [0.3, 0.4) is 0 Å². The highest BCUT2D eigenvalue weighted by Crippen LogP contribution is 2.42. The summed E-state index contributed by atoms with van der Waals surface area (Å²) in [6.45, 7) is 11.4. The minimum Gasteiger partial charge on any atom is -0.369 e. The maximum absolute atomic E-state index is 12.9. The average Bonchev–Trinajstić information content (AvgIpc) is 3.44. The summed E-state index contributed by atoms with van der Waals surface area (Å²) in [5, 5.41) is 23.3. The van der Waals surface area contributed by atoms with Crippen LogP contribution in [0.2, 0.25) is 0 Å². The lowest BCUT2D eigenvalue weighted by atomic mass is 9.95. The number of aromatic amines is 2.